The van der Waals surface area contributed by atoms with Crippen molar-refractivity contribution in [3.63, 3.8) is 0 Å². The first-order chi connectivity index (χ1) is 16.1. The van der Waals surface area contributed by atoms with Crippen LogP contribution in [-0.4, -0.2) is 45.7 Å². The largest absolute Gasteiger partial charge is 0.376 e. The Morgan fingerprint density at radius 2 is 1.94 bits per heavy atom. The number of hydrogen-bond donors (Lipinski definition) is 1. The van der Waals surface area contributed by atoms with E-state index in [1.807, 2.05) is 30.3 Å². The van der Waals surface area contributed by atoms with Gasteiger partial charge in [-0.15, -0.1) is 11.8 Å². The van der Waals surface area contributed by atoms with E-state index in [1.54, 1.807) is 11.8 Å². The fraction of sp³-hybridized carbons (Fsp3) is 0.320. The molecule has 2 atom stereocenters. The molecule has 0 amide bonds. The van der Waals surface area contributed by atoms with Crippen LogP contribution in [0.1, 0.15) is 37.3 Å². The van der Waals surface area contributed by atoms with Gasteiger partial charge in [0.05, 0.1) is 24.3 Å². The van der Waals surface area contributed by atoms with E-state index in [-0.39, 0.29) is 12.1 Å². The van der Waals surface area contributed by atoms with E-state index in [4.69, 9.17) is 26.5 Å². The second-order valence-electron chi connectivity index (χ2n) is 8.19. The summed E-state index contributed by atoms with van der Waals surface area (Å²) in [6.07, 6.45) is 4.36. The highest BCUT2D eigenvalue weighted by Crippen LogP contribution is 2.37. The number of nitrogens with zero attached hydrogens (tertiary/aromatic N) is 3. The first-order valence-electron chi connectivity index (χ1n) is 11.1. The van der Waals surface area contributed by atoms with Gasteiger partial charge >= 0.3 is 0 Å². The topological polar surface area (TPSA) is 63.4 Å². The lowest BCUT2D eigenvalue weighted by Crippen LogP contribution is -2.48. The number of ether oxygens (including phenoxy) is 1. The minimum atomic E-state index is -0.174. The average molecular weight is 479 g/mol. The molecule has 5 rings (SSSR count). The van der Waals surface area contributed by atoms with Crippen molar-refractivity contribution in [1.29, 1.82) is 0 Å². The highest BCUT2D eigenvalue weighted by atomic mass is 32.2. The third-order valence-corrected chi connectivity index (χ3v) is 7.23. The quantitative estimate of drug-likeness (QED) is 0.378. The van der Waals surface area contributed by atoms with Crippen molar-refractivity contribution in [2.75, 3.05) is 19.4 Å². The molecule has 1 saturated heterocycles. The van der Waals surface area contributed by atoms with Gasteiger partial charge in [0.1, 0.15) is 0 Å². The molecule has 2 aliphatic heterocycles. The van der Waals surface area contributed by atoms with Crippen molar-refractivity contribution in [3.05, 3.63) is 71.7 Å². The molecule has 0 aliphatic carbocycles. The zero-order chi connectivity index (χ0) is 22.8. The van der Waals surface area contributed by atoms with Crippen LogP contribution in [0.15, 0.2) is 69.7 Å². The molecule has 33 heavy (non-hydrogen) atoms. The predicted molar refractivity (Wildman–Crippen MR) is 135 cm³/mol. The Balaban J connectivity index is 1.54. The van der Waals surface area contributed by atoms with Crippen molar-refractivity contribution >= 4 is 34.7 Å². The molecular weight excluding hydrogens is 452 g/mol. The van der Waals surface area contributed by atoms with Crippen LogP contribution in [0.5, 0.6) is 0 Å². The van der Waals surface area contributed by atoms with Crippen LogP contribution >= 0.6 is 24.0 Å². The standard InChI is InChI=1S/C25H26N4O2S2/c1-16-21(24-27-23(28-31-24)18-10-12-20(33-2)13-11-18)22(17-7-4-3-5-8-17)26-25(32)29(16)15-19-9-6-14-30-19/h3-5,7-8,10-13,19,22H,6,9,14-15H2,1-2H3,(H,26,32). The summed E-state index contributed by atoms with van der Waals surface area (Å²) < 4.78 is 11.7. The van der Waals surface area contributed by atoms with Gasteiger partial charge in [-0.2, -0.15) is 4.98 Å². The normalized spacial score (nSPS) is 20.9. The summed E-state index contributed by atoms with van der Waals surface area (Å²) in [5.41, 5.74) is 3.96. The molecule has 0 saturated carbocycles. The van der Waals surface area contributed by atoms with E-state index < -0.39 is 0 Å². The maximum atomic E-state index is 5.88. The molecule has 2 aromatic carbocycles. The fourth-order valence-electron chi connectivity index (χ4n) is 4.36. The summed E-state index contributed by atoms with van der Waals surface area (Å²) in [7, 11) is 0. The number of benzene rings is 2. The molecule has 8 heteroatoms. The second-order valence-corrected chi connectivity index (χ2v) is 9.46. The molecule has 0 bridgehead atoms. The van der Waals surface area contributed by atoms with E-state index in [9.17, 15) is 0 Å². The molecule has 6 nitrogen and oxygen atoms in total. The number of thioether (sulfide) groups is 1. The molecule has 1 fully saturated rings. The first kappa shape index (κ1) is 22.1. The second kappa shape index (κ2) is 9.67. The molecule has 0 spiro atoms. The van der Waals surface area contributed by atoms with Crippen LogP contribution in [0, 0.1) is 0 Å². The third kappa shape index (κ3) is 4.55. The summed E-state index contributed by atoms with van der Waals surface area (Å²) in [6, 6.07) is 18.2. The van der Waals surface area contributed by atoms with Crippen molar-refractivity contribution in [3.8, 4) is 11.4 Å². The van der Waals surface area contributed by atoms with Gasteiger partial charge < -0.3 is 19.5 Å². The number of allylic oxidation sites excluding steroid dienone is 1. The fourth-order valence-corrected chi connectivity index (χ4v) is 5.09. The van der Waals surface area contributed by atoms with Gasteiger partial charge in [-0.1, -0.05) is 35.5 Å². The Labute approximate surface area is 203 Å². The number of rotatable bonds is 6. The van der Waals surface area contributed by atoms with E-state index >= 15 is 0 Å². The molecule has 2 unspecified atom stereocenters. The zero-order valence-electron chi connectivity index (χ0n) is 18.7. The van der Waals surface area contributed by atoms with Crippen molar-refractivity contribution < 1.29 is 9.26 Å². The number of nitrogens with one attached hydrogen (secondary N) is 1. The summed E-state index contributed by atoms with van der Waals surface area (Å²) in [4.78, 5) is 8.10. The lowest BCUT2D eigenvalue weighted by Gasteiger charge is -2.38. The van der Waals surface area contributed by atoms with E-state index in [0.717, 1.165) is 41.8 Å². The summed E-state index contributed by atoms with van der Waals surface area (Å²) in [6.45, 7) is 3.59. The smallest absolute Gasteiger partial charge is 0.258 e. The third-order valence-electron chi connectivity index (χ3n) is 6.14. The van der Waals surface area contributed by atoms with Crippen molar-refractivity contribution in [1.82, 2.24) is 20.4 Å². The summed E-state index contributed by atoms with van der Waals surface area (Å²) in [5.74, 6) is 1.07. The van der Waals surface area contributed by atoms with Crippen molar-refractivity contribution in [2.24, 2.45) is 0 Å². The van der Waals surface area contributed by atoms with Crippen LogP contribution < -0.4 is 5.32 Å². The first-order valence-corrected chi connectivity index (χ1v) is 12.7. The van der Waals surface area contributed by atoms with E-state index in [2.05, 4.69) is 52.8 Å². The van der Waals surface area contributed by atoms with Crippen LogP contribution in [0.25, 0.3) is 17.0 Å². The SMILES string of the molecule is CSc1ccc(-c2noc(C3=C(C)N(CC4CCCO4)C(=S)NC3c3ccccc3)n2)cc1. The van der Waals surface area contributed by atoms with Crippen LogP contribution in [-0.2, 0) is 4.74 Å². The predicted octanol–water partition coefficient (Wildman–Crippen LogP) is 5.30. The highest BCUT2D eigenvalue weighted by Gasteiger charge is 2.35. The maximum Gasteiger partial charge on any atom is 0.258 e. The van der Waals surface area contributed by atoms with Gasteiger partial charge in [0, 0.05) is 22.8 Å². The Bertz CT molecular complexity index is 1150. The van der Waals surface area contributed by atoms with Crippen LogP contribution in [0.4, 0.5) is 0 Å². The van der Waals surface area contributed by atoms with Gasteiger partial charge in [-0.25, -0.2) is 0 Å². The van der Waals surface area contributed by atoms with Gasteiger partial charge in [0.15, 0.2) is 5.11 Å². The molecule has 3 heterocycles. The Kier molecular flexibility index (Phi) is 6.48. The number of hydrogen-bond acceptors (Lipinski definition) is 6. The van der Waals surface area contributed by atoms with Crippen LogP contribution in [0.3, 0.4) is 0 Å². The minimum Gasteiger partial charge on any atom is -0.376 e. The molecule has 1 N–H and O–H groups in total. The Hall–Kier alpha value is -2.68. The highest BCUT2D eigenvalue weighted by molar-refractivity contribution is 7.98. The lowest BCUT2D eigenvalue weighted by atomic mass is 9.94. The average Bonchev–Trinajstić information content (AvgIpc) is 3.54. The number of aromatic nitrogens is 2. The Morgan fingerprint density at radius 3 is 2.64 bits per heavy atom. The van der Waals surface area contributed by atoms with Gasteiger partial charge in [0.2, 0.25) is 5.82 Å². The Morgan fingerprint density at radius 1 is 1.15 bits per heavy atom. The van der Waals surface area contributed by atoms with Gasteiger partial charge in [0.25, 0.3) is 5.89 Å². The van der Waals surface area contributed by atoms with Gasteiger partial charge in [-0.05, 0) is 68.1 Å². The molecular formula is C25H26N4O2S2. The molecule has 2 aliphatic rings. The van der Waals surface area contributed by atoms with Gasteiger partial charge in [-0.3, -0.25) is 0 Å². The molecule has 1 aromatic heterocycles. The summed E-state index contributed by atoms with van der Waals surface area (Å²) >= 11 is 7.48. The lowest BCUT2D eigenvalue weighted by molar-refractivity contribution is 0.0962. The van der Waals surface area contributed by atoms with E-state index in [0.29, 0.717) is 23.4 Å². The minimum absolute atomic E-state index is 0.169. The van der Waals surface area contributed by atoms with Crippen molar-refractivity contribution in [2.45, 2.75) is 36.8 Å². The van der Waals surface area contributed by atoms with E-state index in [1.165, 1.54) is 4.90 Å². The van der Waals surface area contributed by atoms with Crippen LogP contribution in [0.2, 0.25) is 0 Å². The molecule has 0 radical (unpaired) electrons. The molecule has 3 aromatic rings. The maximum absolute atomic E-state index is 5.88. The summed E-state index contributed by atoms with van der Waals surface area (Å²) in [5, 5.41) is 8.50. The molecule has 170 valence electrons. The number of thiocarbonyl (C=S) groups is 1. The monoisotopic (exact) mass is 478 g/mol. The zero-order valence-corrected chi connectivity index (χ0v) is 20.3.